The van der Waals surface area contributed by atoms with Crippen molar-refractivity contribution in [2.45, 2.75) is 17.7 Å². The number of thiazole rings is 1. The lowest BCUT2D eigenvalue weighted by Gasteiger charge is -2.08. The van der Waals surface area contributed by atoms with Gasteiger partial charge in [-0.25, -0.2) is 4.98 Å². The number of hydrogen-bond donors (Lipinski definition) is 2. The number of benzene rings is 2. The molecule has 0 bridgehead atoms. The molecule has 0 fully saturated rings. The highest BCUT2D eigenvalue weighted by Crippen LogP contribution is 2.32. The fraction of sp³-hybridized carbons (Fsp3) is 0.150. The van der Waals surface area contributed by atoms with Crippen LogP contribution in [-0.2, 0) is 11.2 Å². The highest BCUT2D eigenvalue weighted by Gasteiger charge is 2.16. The molecule has 1 aliphatic heterocycles. The van der Waals surface area contributed by atoms with Gasteiger partial charge in [-0.2, -0.15) is 0 Å². The Labute approximate surface area is 165 Å². The van der Waals surface area contributed by atoms with Crippen LogP contribution in [0, 0.1) is 0 Å². The van der Waals surface area contributed by atoms with Crippen LogP contribution in [0.3, 0.4) is 0 Å². The van der Waals surface area contributed by atoms with Crippen molar-refractivity contribution in [2.24, 2.45) is 0 Å². The van der Waals surface area contributed by atoms with Crippen LogP contribution in [0.15, 0.2) is 59.6 Å². The zero-order valence-corrected chi connectivity index (χ0v) is 16.0. The first-order valence-electron chi connectivity index (χ1n) is 8.54. The summed E-state index contributed by atoms with van der Waals surface area (Å²) < 4.78 is 0. The number of nitrogens with zero attached hydrogens (tertiary/aromatic N) is 1. The summed E-state index contributed by atoms with van der Waals surface area (Å²) in [4.78, 5) is 30.7. The van der Waals surface area contributed by atoms with E-state index in [1.807, 2.05) is 24.3 Å². The molecule has 1 aliphatic rings. The van der Waals surface area contributed by atoms with Crippen molar-refractivity contribution in [3.05, 3.63) is 70.7 Å². The number of rotatable bonds is 4. The molecule has 5 nitrogen and oxygen atoms in total. The first-order chi connectivity index (χ1) is 13.2. The van der Waals surface area contributed by atoms with Gasteiger partial charge in [0.2, 0.25) is 5.91 Å². The minimum atomic E-state index is -0.234. The second-order valence-corrected chi connectivity index (χ2v) is 8.36. The SMILES string of the molecule is O=C1CCSc2ccc(C(=O)Nc3ncc(Cc4ccccc4)s3)cc2N1. The topological polar surface area (TPSA) is 71.1 Å². The van der Waals surface area contributed by atoms with Gasteiger partial charge in [-0.05, 0) is 23.8 Å². The van der Waals surface area contributed by atoms with Crippen molar-refractivity contribution < 1.29 is 9.59 Å². The zero-order chi connectivity index (χ0) is 18.6. The molecule has 0 unspecified atom stereocenters. The summed E-state index contributed by atoms with van der Waals surface area (Å²) in [6.07, 6.45) is 3.06. The van der Waals surface area contributed by atoms with Crippen LogP contribution in [0.1, 0.15) is 27.2 Å². The molecule has 0 saturated heterocycles. The third kappa shape index (κ3) is 4.37. The summed E-state index contributed by atoms with van der Waals surface area (Å²) in [6.45, 7) is 0. The Hall–Kier alpha value is -2.64. The molecule has 4 rings (SSSR count). The Morgan fingerprint density at radius 3 is 2.89 bits per heavy atom. The Morgan fingerprint density at radius 2 is 2.04 bits per heavy atom. The van der Waals surface area contributed by atoms with Gasteiger partial charge in [0.25, 0.3) is 5.91 Å². The number of thioether (sulfide) groups is 1. The van der Waals surface area contributed by atoms with Crippen molar-refractivity contribution in [1.82, 2.24) is 4.98 Å². The number of hydrogen-bond acceptors (Lipinski definition) is 5. The normalized spacial score (nSPS) is 13.4. The quantitative estimate of drug-likeness (QED) is 0.686. The standard InChI is InChI=1S/C20H17N3O2S2/c24-18-8-9-26-17-7-6-14(11-16(17)22-18)19(25)23-20-21-12-15(27-20)10-13-4-2-1-3-5-13/h1-7,11-12H,8-10H2,(H,22,24)(H,21,23,25). The summed E-state index contributed by atoms with van der Waals surface area (Å²) in [6, 6.07) is 15.5. The largest absolute Gasteiger partial charge is 0.325 e. The lowest BCUT2D eigenvalue weighted by atomic mass is 10.1. The maximum atomic E-state index is 12.6. The van der Waals surface area contributed by atoms with Gasteiger partial charge in [-0.1, -0.05) is 30.3 Å². The van der Waals surface area contributed by atoms with E-state index in [-0.39, 0.29) is 11.8 Å². The molecule has 0 aliphatic carbocycles. The van der Waals surface area contributed by atoms with E-state index in [2.05, 4.69) is 27.8 Å². The van der Waals surface area contributed by atoms with Crippen LogP contribution in [-0.4, -0.2) is 22.6 Å². The van der Waals surface area contributed by atoms with Crippen LogP contribution >= 0.6 is 23.1 Å². The predicted octanol–water partition coefficient (Wildman–Crippen LogP) is 4.42. The third-order valence-corrected chi connectivity index (χ3v) is 6.09. The summed E-state index contributed by atoms with van der Waals surface area (Å²) >= 11 is 3.08. The van der Waals surface area contributed by atoms with Crippen molar-refractivity contribution >= 4 is 45.7 Å². The molecule has 7 heteroatoms. The zero-order valence-electron chi connectivity index (χ0n) is 14.4. The van der Waals surface area contributed by atoms with Crippen molar-refractivity contribution in [1.29, 1.82) is 0 Å². The molecule has 1 aromatic heterocycles. The van der Waals surface area contributed by atoms with E-state index in [1.165, 1.54) is 16.9 Å². The predicted molar refractivity (Wildman–Crippen MR) is 110 cm³/mol. The summed E-state index contributed by atoms with van der Waals surface area (Å²) in [5, 5.41) is 6.28. The molecule has 2 amide bonds. The lowest BCUT2D eigenvalue weighted by molar-refractivity contribution is -0.115. The van der Waals surface area contributed by atoms with E-state index in [0.29, 0.717) is 22.8 Å². The average molecular weight is 396 g/mol. The highest BCUT2D eigenvalue weighted by molar-refractivity contribution is 7.99. The second kappa shape index (κ2) is 7.94. The number of anilines is 2. The Balaban J connectivity index is 1.46. The minimum Gasteiger partial charge on any atom is -0.325 e. The van der Waals surface area contributed by atoms with Crippen LogP contribution in [0.2, 0.25) is 0 Å². The Kier molecular flexibility index (Phi) is 5.22. The monoisotopic (exact) mass is 395 g/mol. The first kappa shape index (κ1) is 17.8. The van der Waals surface area contributed by atoms with Crippen molar-refractivity contribution in [3.8, 4) is 0 Å². The van der Waals surface area contributed by atoms with Crippen LogP contribution < -0.4 is 10.6 Å². The van der Waals surface area contributed by atoms with Gasteiger partial charge in [-0.15, -0.1) is 23.1 Å². The van der Waals surface area contributed by atoms with E-state index in [9.17, 15) is 9.59 Å². The molecule has 136 valence electrons. The number of aromatic nitrogens is 1. The lowest BCUT2D eigenvalue weighted by Crippen LogP contribution is -2.14. The number of nitrogens with one attached hydrogen (secondary N) is 2. The molecule has 2 N–H and O–H groups in total. The maximum absolute atomic E-state index is 12.6. The molecule has 0 radical (unpaired) electrons. The van der Waals surface area contributed by atoms with Gasteiger partial charge in [0, 0.05) is 40.1 Å². The first-order valence-corrected chi connectivity index (χ1v) is 10.3. The smallest absolute Gasteiger partial charge is 0.257 e. The molecule has 0 saturated carbocycles. The van der Waals surface area contributed by atoms with Gasteiger partial charge in [0.1, 0.15) is 0 Å². The number of fused-ring (bicyclic) bond motifs is 1. The van der Waals surface area contributed by atoms with E-state index in [0.717, 1.165) is 21.9 Å². The molecule has 2 aromatic carbocycles. The molecule has 0 spiro atoms. The Morgan fingerprint density at radius 1 is 1.19 bits per heavy atom. The summed E-state index contributed by atoms with van der Waals surface area (Å²) in [7, 11) is 0. The van der Waals surface area contributed by atoms with Gasteiger partial charge < -0.3 is 5.32 Å². The van der Waals surface area contributed by atoms with Gasteiger partial charge in [-0.3, -0.25) is 14.9 Å². The maximum Gasteiger partial charge on any atom is 0.257 e. The van der Waals surface area contributed by atoms with Crippen LogP contribution in [0.25, 0.3) is 0 Å². The minimum absolute atomic E-state index is 0.0238. The fourth-order valence-corrected chi connectivity index (χ4v) is 4.55. The van der Waals surface area contributed by atoms with E-state index < -0.39 is 0 Å². The average Bonchev–Trinajstić information content (AvgIpc) is 3.01. The molecule has 0 atom stereocenters. The molecule has 3 aromatic rings. The van der Waals surface area contributed by atoms with E-state index in [4.69, 9.17) is 0 Å². The van der Waals surface area contributed by atoms with Gasteiger partial charge >= 0.3 is 0 Å². The van der Waals surface area contributed by atoms with Crippen molar-refractivity contribution in [2.75, 3.05) is 16.4 Å². The van der Waals surface area contributed by atoms with E-state index in [1.54, 1.807) is 30.1 Å². The summed E-state index contributed by atoms with van der Waals surface area (Å²) in [5.41, 5.74) is 2.40. The summed E-state index contributed by atoms with van der Waals surface area (Å²) in [5.74, 6) is 0.486. The second-order valence-electron chi connectivity index (χ2n) is 6.11. The number of carbonyl (C=O) groups is 2. The molecule has 2 heterocycles. The van der Waals surface area contributed by atoms with Crippen LogP contribution in [0.4, 0.5) is 10.8 Å². The highest BCUT2D eigenvalue weighted by atomic mass is 32.2. The van der Waals surface area contributed by atoms with E-state index >= 15 is 0 Å². The third-order valence-electron chi connectivity index (χ3n) is 4.10. The number of amides is 2. The molecular formula is C20H17N3O2S2. The van der Waals surface area contributed by atoms with Crippen molar-refractivity contribution in [3.63, 3.8) is 0 Å². The van der Waals surface area contributed by atoms with Crippen LogP contribution in [0.5, 0.6) is 0 Å². The van der Waals surface area contributed by atoms with Gasteiger partial charge in [0.15, 0.2) is 5.13 Å². The fourth-order valence-electron chi connectivity index (χ4n) is 2.77. The number of carbonyl (C=O) groups excluding carboxylic acids is 2. The molecular weight excluding hydrogens is 378 g/mol. The molecule has 27 heavy (non-hydrogen) atoms. The Bertz CT molecular complexity index is 986. The van der Waals surface area contributed by atoms with Gasteiger partial charge in [0.05, 0.1) is 5.69 Å².